The third-order valence-electron chi connectivity index (χ3n) is 3.52. The van der Waals surface area contributed by atoms with E-state index in [1.165, 1.54) is 32.2 Å². The van der Waals surface area contributed by atoms with Crippen LogP contribution in [-0.2, 0) is 6.54 Å². The highest BCUT2D eigenvalue weighted by atomic mass is 15.0. The van der Waals surface area contributed by atoms with E-state index in [9.17, 15) is 0 Å². The average Bonchev–Trinajstić information content (AvgIpc) is 2.39. The molecule has 4 heteroatoms. The summed E-state index contributed by atoms with van der Waals surface area (Å²) >= 11 is 0. The molecule has 0 bridgehead atoms. The molecule has 4 nitrogen and oxygen atoms in total. The summed E-state index contributed by atoms with van der Waals surface area (Å²) in [7, 11) is 0. The van der Waals surface area contributed by atoms with Crippen LogP contribution in [0, 0.1) is 6.92 Å². The number of nitrogens with zero attached hydrogens (tertiary/aromatic N) is 2. The summed E-state index contributed by atoms with van der Waals surface area (Å²) < 4.78 is 0. The van der Waals surface area contributed by atoms with Crippen LogP contribution >= 0.6 is 0 Å². The lowest BCUT2D eigenvalue weighted by molar-refractivity contribution is 0.344. The second-order valence-electron chi connectivity index (χ2n) is 5.31. The van der Waals surface area contributed by atoms with Crippen molar-refractivity contribution in [3.05, 3.63) is 23.8 Å². The van der Waals surface area contributed by atoms with E-state index in [0.29, 0.717) is 12.1 Å². The summed E-state index contributed by atoms with van der Waals surface area (Å²) in [5.74, 6) is 0. The quantitative estimate of drug-likeness (QED) is 0.834. The van der Waals surface area contributed by atoms with Crippen molar-refractivity contribution < 1.29 is 0 Å². The van der Waals surface area contributed by atoms with Crippen LogP contribution in [0.3, 0.4) is 0 Å². The highest BCUT2D eigenvalue weighted by Gasteiger charge is 2.15. The smallest absolute Gasteiger partial charge is 0.0724 e. The molecule has 0 amide bonds. The second kappa shape index (κ2) is 6.81. The van der Waals surface area contributed by atoms with Crippen molar-refractivity contribution in [1.29, 1.82) is 0 Å². The van der Waals surface area contributed by atoms with Gasteiger partial charge in [0.25, 0.3) is 0 Å². The molecule has 0 radical (unpaired) electrons. The third-order valence-corrected chi connectivity index (χ3v) is 3.52. The summed E-state index contributed by atoms with van der Waals surface area (Å²) in [6, 6.07) is 1.20. The van der Waals surface area contributed by atoms with Crippen LogP contribution in [0.25, 0.3) is 0 Å². The minimum Gasteiger partial charge on any atom is -0.314 e. The van der Waals surface area contributed by atoms with Crippen LogP contribution < -0.4 is 10.6 Å². The van der Waals surface area contributed by atoms with Crippen LogP contribution in [0.15, 0.2) is 12.4 Å². The fourth-order valence-electron chi connectivity index (χ4n) is 2.42. The lowest BCUT2D eigenvalue weighted by atomic mass is 9.99. The molecule has 0 spiro atoms. The van der Waals surface area contributed by atoms with E-state index in [-0.39, 0.29) is 0 Å². The molecule has 2 unspecified atom stereocenters. The van der Waals surface area contributed by atoms with Gasteiger partial charge in [0.05, 0.1) is 11.4 Å². The predicted octanol–water partition coefficient (Wildman–Crippen LogP) is 1.80. The molecule has 1 aromatic heterocycles. The first-order valence-corrected chi connectivity index (χ1v) is 6.98. The molecule has 18 heavy (non-hydrogen) atoms. The number of hydrogen-bond acceptors (Lipinski definition) is 4. The average molecular weight is 248 g/mol. The molecular weight excluding hydrogens is 224 g/mol. The minimum atomic E-state index is 0.517. The van der Waals surface area contributed by atoms with E-state index in [0.717, 1.165) is 17.9 Å². The van der Waals surface area contributed by atoms with Gasteiger partial charge in [-0.15, -0.1) is 0 Å². The van der Waals surface area contributed by atoms with E-state index in [4.69, 9.17) is 0 Å². The summed E-state index contributed by atoms with van der Waals surface area (Å²) in [5, 5.41) is 7.11. The fourth-order valence-corrected chi connectivity index (χ4v) is 2.42. The second-order valence-corrected chi connectivity index (χ2v) is 5.31. The van der Waals surface area contributed by atoms with Crippen molar-refractivity contribution in [2.45, 2.75) is 58.2 Å². The van der Waals surface area contributed by atoms with Crippen LogP contribution in [0.2, 0.25) is 0 Å². The number of rotatable bonds is 5. The zero-order chi connectivity index (χ0) is 12.8. The first-order valence-electron chi connectivity index (χ1n) is 6.98. The van der Waals surface area contributed by atoms with Gasteiger partial charge in [-0.2, -0.15) is 0 Å². The van der Waals surface area contributed by atoms with E-state index in [1.807, 2.05) is 19.3 Å². The van der Waals surface area contributed by atoms with Crippen molar-refractivity contribution in [3.8, 4) is 0 Å². The Morgan fingerprint density at radius 3 is 2.94 bits per heavy atom. The Morgan fingerprint density at radius 1 is 1.39 bits per heavy atom. The minimum absolute atomic E-state index is 0.517. The molecule has 0 aliphatic carbocycles. The zero-order valence-electron chi connectivity index (χ0n) is 11.4. The maximum Gasteiger partial charge on any atom is 0.0724 e. The van der Waals surface area contributed by atoms with E-state index >= 15 is 0 Å². The molecular formula is C14H24N4. The van der Waals surface area contributed by atoms with Gasteiger partial charge in [0.1, 0.15) is 0 Å². The normalized spacial score (nSPS) is 21.8. The van der Waals surface area contributed by atoms with Gasteiger partial charge in [0.2, 0.25) is 0 Å². The number of aromatic nitrogens is 2. The van der Waals surface area contributed by atoms with Gasteiger partial charge in [-0.1, -0.05) is 6.42 Å². The van der Waals surface area contributed by atoms with E-state index < -0.39 is 0 Å². The van der Waals surface area contributed by atoms with Crippen molar-refractivity contribution in [2.24, 2.45) is 0 Å². The lowest BCUT2D eigenvalue weighted by Crippen LogP contribution is -2.39. The lowest BCUT2D eigenvalue weighted by Gasteiger charge is -2.26. The van der Waals surface area contributed by atoms with Crippen molar-refractivity contribution in [1.82, 2.24) is 20.6 Å². The first kappa shape index (κ1) is 13.4. The SMILES string of the molecule is Cc1cnc(CNC(C)CC2CCCCN2)cn1. The van der Waals surface area contributed by atoms with Gasteiger partial charge >= 0.3 is 0 Å². The summed E-state index contributed by atoms with van der Waals surface area (Å²) in [6.07, 6.45) is 8.89. The number of piperidine rings is 1. The maximum atomic E-state index is 4.36. The van der Waals surface area contributed by atoms with Gasteiger partial charge in [0.15, 0.2) is 0 Å². The highest BCUT2D eigenvalue weighted by Crippen LogP contribution is 2.12. The maximum absolute atomic E-state index is 4.36. The molecule has 100 valence electrons. The standard InChI is InChI=1S/C14H24N4/c1-11(7-13-5-3-4-6-15-13)16-9-14-10-17-12(2)8-18-14/h8,10-11,13,15-16H,3-7,9H2,1-2H3. The Morgan fingerprint density at radius 2 is 2.28 bits per heavy atom. The van der Waals surface area contributed by atoms with Gasteiger partial charge in [0, 0.05) is 31.0 Å². The molecule has 2 atom stereocenters. The van der Waals surface area contributed by atoms with E-state index in [2.05, 4.69) is 27.5 Å². The summed E-state index contributed by atoms with van der Waals surface area (Å²) in [6.45, 7) is 6.20. The van der Waals surface area contributed by atoms with Crippen LogP contribution in [0.4, 0.5) is 0 Å². The first-order chi connectivity index (χ1) is 8.74. The highest BCUT2D eigenvalue weighted by molar-refractivity contribution is 5.00. The molecule has 1 saturated heterocycles. The Bertz CT molecular complexity index is 343. The largest absolute Gasteiger partial charge is 0.314 e. The zero-order valence-corrected chi connectivity index (χ0v) is 11.4. The van der Waals surface area contributed by atoms with Gasteiger partial charge in [-0.05, 0) is 39.7 Å². The van der Waals surface area contributed by atoms with Gasteiger partial charge < -0.3 is 10.6 Å². The van der Waals surface area contributed by atoms with Gasteiger partial charge in [-0.25, -0.2) is 0 Å². The Labute approximate surface area is 110 Å². The molecule has 1 fully saturated rings. The Hall–Kier alpha value is -1.00. The molecule has 0 aromatic carbocycles. The Kier molecular flexibility index (Phi) is 5.08. The van der Waals surface area contributed by atoms with Crippen molar-refractivity contribution in [3.63, 3.8) is 0 Å². The Balaban J connectivity index is 1.70. The predicted molar refractivity (Wildman–Crippen MR) is 73.3 cm³/mol. The van der Waals surface area contributed by atoms with Gasteiger partial charge in [-0.3, -0.25) is 9.97 Å². The monoisotopic (exact) mass is 248 g/mol. The number of aryl methyl sites for hydroxylation is 1. The molecule has 1 aromatic rings. The van der Waals surface area contributed by atoms with Crippen molar-refractivity contribution >= 4 is 0 Å². The molecule has 2 heterocycles. The molecule has 1 aliphatic rings. The summed E-state index contributed by atoms with van der Waals surface area (Å²) in [5.41, 5.74) is 1.99. The molecule has 2 rings (SSSR count). The topological polar surface area (TPSA) is 49.8 Å². The van der Waals surface area contributed by atoms with E-state index in [1.54, 1.807) is 0 Å². The van der Waals surface area contributed by atoms with Crippen LogP contribution in [-0.4, -0.2) is 28.6 Å². The summed E-state index contributed by atoms with van der Waals surface area (Å²) in [4.78, 5) is 8.61. The number of nitrogens with one attached hydrogen (secondary N) is 2. The molecule has 2 N–H and O–H groups in total. The molecule has 1 aliphatic heterocycles. The number of hydrogen-bond donors (Lipinski definition) is 2. The van der Waals surface area contributed by atoms with Crippen LogP contribution in [0.1, 0.15) is 44.0 Å². The fraction of sp³-hybridized carbons (Fsp3) is 0.714. The molecule has 0 saturated carbocycles. The van der Waals surface area contributed by atoms with Crippen LogP contribution in [0.5, 0.6) is 0 Å². The van der Waals surface area contributed by atoms with Crippen molar-refractivity contribution in [2.75, 3.05) is 6.54 Å². The third kappa shape index (κ3) is 4.35.